The number of hydrogen-bond acceptors (Lipinski definition) is 2. The standard InChI is InChI=1S/C21H16O2.C20H16.C16H36N/c22-21(23)18-12-6-11-17-15-9-4-5-10-16(15)19(20(17)18)13-14-7-2-1-3-8-14;1-2-8-15(9-3-1)14-20-18-12-6-4-10-16(18)17-11-5-7-13-19(17)20;1-5-9-13-17(14-10-6-2,15-11-7-3)16-12-8-4/h1-12,19H,13H2,(H,22,23);1-13,20H,14H2;5-16H2,1-4H3/q;;+1/p-1. The second-order valence-electron chi connectivity index (χ2n) is 17.0. The topological polar surface area (TPSA) is 40.1 Å². The molecule has 0 N–H and O–H groups in total. The molecule has 0 saturated carbocycles. The lowest BCUT2D eigenvalue weighted by molar-refractivity contribution is -0.929. The van der Waals surface area contributed by atoms with E-state index in [1.807, 2.05) is 36.4 Å². The minimum atomic E-state index is -1.10. The van der Waals surface area contributed by atoms with Gasteiger partial charge in [0.15, 0.2) is 0 Å². The molecule has 1 atom stereocenters. The van der Waals surface area contributed by atoms with Crippen LogP contribution in [0.25, 0.3) is 22.3 Å². The summed E-state index contributed by atoms with van der Waals surface area (Å²) < 4.78 is 1.42. The van der Waals surface area contributed by atoms with Crippen LogP contribution in [-0.2, 0) is 12.8 Å². The van der Waals surface area contributed by atoms with Crippen molar-refractivity contribution in [1.29, 1.82) is 0 Å². The highest BCUT2D eigenvalue weighted by Gasteiger charge is 2.31. The molecule has 0 saturated heterocycles. The van der Waals surface area contributed by atoms with Crippen molar-refractivity contribution in [2.24, 2.45) is 0 Å². The molecule has 0 fully saturated rings. The van der Waals surface area contributed by atoms with Gasteiger partial charge in [0.25, 0.3) is 0 Å². The average molecular weight is 798 g/mol. The molecule has 6 aromatic carbocycles. The van der Waals surface area contributed by atoms with Gasteiger partial charge in [-0.25, -0.2) is 0 Å². The first kappa shape index (κ1) is 44.3. The van der Waals surface area contributed by atoms with Crippen LogP contribution in [0.15, 0.2) is 152 Å². The number of quaternary nitrogens is 1. The summed E-state index contributed by atoms with van der Waals surface area (Å²) in [6.07, 6.45) is 12.9. The monoisotopic (exact) mass is 798 g/mol. The van der Waals surface area contributed by atoms with Crippen LogP contribution >= 0.6 is 0 Å². The fourth-order valence-electron chi connectivity index (χ4n) is 9.59. The normalized spacial score (nSPS) is 13.5. The Bertz CT molecular complexity index is 2140. The lowest BCUT2D eigenvalue weighted by Gasteiger charge is -2.39. The van der Waals surface area contributed by atoms with Gasteiger partial charge in [0.2, 0.25) is 0 Å². The smallest absolute Gasteiger partial charge is 0.0786 e. The van der Waals surface area contributed by atoms with Crippen LogP contribution < -0.4 is 5.11 Å². The van der Waals surface area contributed by atoms with Gasteiger partial charge in [0.1, 0.15) is 0 Å². The number of unbranched alkanes of at least 4 members (excludes halogenated alkanes) is 4. The van der Waals surface area contributed by atoms with Crippen molar-refractivity contribution in [2.75, 3.05) is 26.2 Å². The van der Waals surface area contributed by atoms with Gasteiger partial charge in [-0.1, -0.05) is 205 Å². The van der Waals surface area contributed by atoms with E-state index in [0.29, 0.717) is 11.5 Å². The number of carbonyl (C=O) groups is 1. The number of nitrogens with zero attached hydrogens (tertiary/aromatic N) is 1. The van der Waals surface area contributed by atoms with Gasteiger partial charge < -0.3 is 14.4 Å². The Labute approximate surface area is 361 Å². The number of benzene rings is 6. The zero-order valence-corrected chi connectivity index (χ0v) is 36.8. The number of carboxylic acids is 1. The zero-order valence-electron chi connectivity index (χ0n) is 36.8. The highest BCUT2D eigenvalue weighted by atomic mass is 16.4. The van der Waals surface area contributed by atoms with Crippen LogP contribution in [0.2, 0.25) is 0 Å². The van der Waals surface area contributed by atoms with Gasteiger partial charge in [-0.3, -0.25) is 0 Å². The van der Waals surface area contributed by atoms with E-state index in [1.54, 1.807) is 12.1 Å². The molecule has 2 aliphatic carbocycles. The molecule has 0 bridgehead atoms. The molecule has 0 aliphatic heterocycles. The molecule has 2 aliphatic rings. The minimum absolute atomic E-state index is 0.0534. The first-order chi connectivity index (χ1) is 29.4. The van der Waals surface area contributed by atoms with Crippen molar-refractivity contribution >= 4 is 5.97 Å². The lowest BCUT2D eigenvalue weighted by atomic mass is 9.87. The lowest BCUT2D eigenvalue weighted by Crippen LogP contribution is -2.50. The van der Waals surface area contributed by atoms with Crippen LogP contribution in [-0.4, -0.2) is 36.6 Å². The van der Waals surface area contributed by atoms with Gasteiger partial charge in [0.05, 0.1) is 32.1 Å². The van der Waals surface area contributed by atoms with Crippen molar-refractivity contribution in [3.05, 3.63) is 191 Å². The Morgan fingerprint density at radius 3 is 1.20 bits per heavy atom. The third-order valence-electron chi connectivity index (χ3n) is 12.8. The van der Waals surface area contributed by atoms with E-state index in [9.17, 15) is 9.90 Å². The molecular formula is C57H67NO2. The Morgan fingerprint density at radius 1 is 0.433 bits per heavy atom. The Hall–Kier alpha value is -5.25. The Morgan fingerprint density at radius 2 is 0.783 bits per heavy atom. The maximum Gasteiger partial charge on any atom is 0.0786 e. The van der Waals surface area contributed by atoms with E-state index in [2.05, 4.69) is 131 Å². The number of aromatic carboxylic acids is 1. The molecule has 8 rings (SSSR count). The maximum atomic E-state index is 11.6. The summed E-state index contributed by atoms with van der Waals surface area (Å²) >= 11 is 0. The summed E-state index contributed by atoms with van der Waals surface area (Å²) in [5.41, 5.74) is 12.9. The first-order valence-corrected chi connectivity index (χ1v) is 23.0. The minimum Gasteiger partial charge on any atom is -0.545 e. The van der Waals surface area contributed by atoms with Gasteiger partial charge in [0, 0.05) is 17.4 Å². The summed E-state index contributed by atoms with van der Waals surface area (Å²) in [6, 6.07) is 52.3. The summed E-state index contributed by atoms with van der Waals surface area (Å²) in [5, 5.41) is 11.6. The molecule has 6 aromatic rings. The van der Waals surface area contributed by atoms with Gasteiger partial charge >= 0.3 is 0 Å². The van der Waals surface area contributed by atoms with Crippen LogP contribution in [0.5, 0.6) is 0 Å². The van der Waals surface area contributed by atoms with Crippen molar-refractivity contribution in [2.45, 2.75) is 104 Å². The van der Waals surface area contributed by atoms with Crippen LogP contribution in [0.1, 0.15) is 135 Å². The third-order valence-corrected chi connectivity index (χ3v) is 12.8. The average Bonchev–Trinajstić information content (AvgIpc) is 3.79. The largest absolute Gasteiger partial charge is 0.545 e. The summed E-state index contributed by atoms with van der Waals surface area (Å²) in [6.45, 7) is 15.0. The van der Waals surface area contributed by atoms with Gasteiger partial charge in [-0.15, -0.1) is 0 Å². The van der Waals surface area contributed by atoms with Gasteiger partial charge in [-0.05, 0) is 94.2 Å². The molecule has 3 heteroatoms. The number of carbonyl (C=O) groups excluding carboxylic acids is 1. The predicted molar refractivity (Wildman–Crippen MR) is 251 cm³/mol. The van der Waals surface area contributed by atoms with E-state index in [4.69, 9.17) is 0 Å². The second-order valence-corrected chi connectivity index (χ2v) is 17.0. The van der Waals surface area contributed by atoms with Crippen molar-refractivity contribution in [3.8, 4) is 22.3 Å². The molecule has 1 unspecified atom stereocenters. The highest BCUT2D eigenvalue weighted by Crippen LogP contribution is 2.48. The highest BCUT2D eigenvalue weighted by molar-refractivity contribution is 5.94. The predicted octanol–water partition coefficient (Wildman–Crippen LogP) is 13.5. The van der Waals surface area contributed by atoms with Crippen molar-refractivity contribution in [1.82, 2.24) is 0 Å². The molecule has 0 amide bonds. The quantitative estimate of drug-likeness (QED) is 0.0863. The Balaban J connectivity index is 0.000000153. The number of carboxylic acid groups (broad SMARTS) is 1. The molecule has 312 valence electrons. The van der Waals surface area contributed by atoms with E-state index < -0.39 is 5.97 Å². The van der Waals surface area contributed by atoms with Crippen LogP contribution in [0.4, 0.5) is 0 Å². The zero-order chi connectivity index (χ0) is 42.2. The first-order valence-electron chi connectivity index (χ1n) is 23.0. The second kappa shape index (κ2) is 22.4. The molecule has 60 heavy (non-hydrogen) atoms. The molecule has 3 nitrogen and oxygen atoms in total. The van der Waals surface area contributed by atoms with Crippen LogP contribution in [0.3, 0.4) is 0 Å². The SMILES string of the molecule is CCCC[N+](CCCC)(CCCC)CCCC.O=C([O-])c1cccc2c1C(Cc1ccccc1)c1ccccc1-2.c1ccc(CC2c3ccccc3-c3ccccc32)cc1. The summed E-state index contributed by atoms with van der Waals surface area (Å²) in [5.74, 6) is -0.560. The number of hydrogen-bond donors (Lipinski definition) is 0. The fourth-order valence-corrected chi connectivity index (χ4v) is 9.59. The van der Waals surface area contributed by atoms with E-state index in [-0.39, 0.29) is 5.92 Å². The third kappa shape index (κ3) is 10.9. The maximum absolute atomic E-state index is 11.6. The van der Waals surface area contributed by atoms with E-state index >= 15 is 0 Å². The van der Waals surface area contributed by atoms with Crippen molar-refractivity contribution in [3.63, 3.8) is 0 Å². The van der Waals surface area contributed by atoms with E-state index in [0.717, 1.165) is 29.5 Å². The molecular weight excluding hydrogens is 731 g/mol. The number of rotatable bonds is 17. The molecule has 0 radical (unpaired) electrons. The Kier molecular flexibility index (Phi) is 16.5. The van der Waals surface area contributed by atoms with Crippen molar-refractivity contribution < 1.29 is 14.4 Å². The summed E-state index contributed by atoms with van der Waals surface area (Å²) in [4.78, 5) is 11.6. The van der Waals surface area contributed by atoms with E-state index in [1.165, 1.54) is 121 Å². The molecule has 0 spiro atoms. The van der Waals surface area contributed by atoms with Gasteiger partial charge in [-0.2, -0.15) is 0 Å². The molecule has 0 aromatic heterocycles. The summed E-state index contributed by atoms with van der Waals surface area (Å²) in [7, 11) is 0. The fraction of sp³-hybridized carbons (Fsp3) is 0.351. The molecule has 0 heterocycles. The van der Waals surface area contributed by atoms with Crippen LogP contribution in [0, 0.1) is 0 Å². The number of fused-ring (bicyclic) bond motifs is 6.